The molecule has 0 amide bonds. The number of hydrogen-bond acceptors (Lipinski definition) is 4. The molecule has 4 rings (SSSR count). The number of halogens is 6. The Morgan fingerprint density at radius 2 is 1.29 bits per heavy atom. The van der Waals surface area contributed by atoms with Crippen LogP contribution in [0, 0.1) is 0 Å². The second-order valence-corrected chi connectivity index (χ2v) is 7.76. The summed E-state index contributed by atoms with van der Waals surface area (Å²) in [7, 11) is 0. The van der Waals surface area contributed by atoms with Crippen LogP contribution in [0.1, 0.15) is 41.6 Å². The summed E-state index contributed by atoms with van der Waals surface area (Å²) in [5.74, 6) is 0. The van der Waals surface area contributed by atoms with Crippen LogP contribution in [-0.2, 0) is 21.8 Å². The van der Waals surface area contributed by atoms with Gasteiger partial charge in [0.15, 0.2) is 0 Å². The molecule has 3 atom stereocenters. The van der Waals surface area contributed by atoms with Crippen molar-refractivity contribution >= 4 is 0 Å². The Morgan fingerprint density at radius 1 is 0.871 bits per heavy atom. The molecule has 1 N–H and O–H groups in total. The van der Waals surface area contributed by atoms with Gasteiger partial charge in [-0.25, -0.2) is 4.90 Å². The standard InChI is InChI=1S/C21H19F6NO3/c1-12(29)19-10-30-17(13-4-2-6-15(8-13)20(22,23)24)28(19)18(31-11-19)14-5-3-7-16(9-14)21(25,26)27/h2-9,12,17-18,29H,10-11H2,1H3. The summed E-state index contributed by atoms with van der Waals surface area (Å²) in [6, 6.07) is 9.07. The van der Waals surface area contributed by atoms with E-state index in [0.29, 0.717) is 0 Å². The van der Waals surface area contributed by atoms with Crippen LogP contribution in [0.2, 0.25) is 0 Å². The van der Waals surface area contributed by atoms with E-state index in [1.54, 1.807) is 0 Å². The lowest BCUT2D eigenvalue weighted by molar-refractivity contribution is -0.138. The number of aliphatic hydroxyl groups is 1. The van der Waals surface area contributed by atoms with Gasteiger partial charge in [-0.05, 0) is 42.3 Å². The third kappa shape index (κ3) is 3.82. The molecule has 2 heterocycles. The van der Waals surface area contributed by atoms with Gasteiger partial charge in [-0.2, -0.15) is 26.3 Å². The maximum absolute atomic E-state index is 13.2. The predicted octanol–water partition coefficient (Wildman–Crippen LogP) is 4.90. The molecular weight excluding hydrogens is 428 g/mol. The number of rotatable bonds is 3. The summed E-state index contributed by atoms with van der Waals surface area (Å²) in [5.41, 5.74) is -2.53. The molecule has 10 heteroatoms. The molecule has 3 unspecified atom stereocenters. The predicted molar refractivity (Wildman–Crippen MR) is 96.5 cm³/mol. The average Bonchev–Trinajstić information content (AvgIpc) is 3.25. The van der Waals surface area contributed by atoms with E-state index in [9.17, 15) is 31.4 Å². The van der Waals surface area contributed by atoms with E-state index in [2.05, 4.69) is 0 Å². The van der Waals surface area contributed by atoms with Gasteiger partial charge < -0.3 is 14.6 Å². The van der Waals surface area contributed by atoms with Crippen LogP contribution >= 0.6 is 0 Å². The Kier molecular flexibility index (Phi) is 5.32. The van der Waals surface area contributed by atoms with Gasteiger partial charge in [-0.1, -0.05) is 24.3 Å². The van der Waals surface area contributed by atoms with E-state index in [0.717, 1.165) is 24.3 Å². The first-order valence-corrected chi connectivity index (χ1v) is 9.47. The lowest BCUT2D eigenvalue weighted by Gasteiger charge is -2.36. The highest BCUT2D eigenvalue weighted by Gasteiger charge is 2.59. The van der Waals surface area contributed by atoms with Gasteiger partial charge in [0, 0.05) is 0 Å². The zero-order valence-corrected chi connectivity index (χ0v) is 16.2. The molecule has 0 saturated carbocycles. The third-order valence-electron chi connectivity index (χ3n) is 5.78. The molecule has 4 nitrogen and oxygen atoms in total. The first-order valence-electron chi connectivity index (χ1n) is 9.47. The molecule has 168 valence electrons. The van der Waals surface area contributed by atoms with Crippen LogP contribution in [0.4, 0.5) is 26.3 Å². The fraction of sp³-hybridized carbons (Fsp3) is 0.429. The highest BCUT2D eigenvalue weighted by atomic mass is 19.4. The summed E-state index contributed by atoms with van der Waals surface area (Å²) < 4.78 is 90.8. The zero-order chi connectivity index (χ0) is 22.6. The normalized spacial score (nSPS) is 28.0. The van der Waals surface area contributed by atoms with Crippen molar-refractivity contribution < 1.29 is 40.9 Å². The lowest BCUT2D eigenvalue weighted by Crippen LogP contribution is -2.52. The quantitative estimate of drug-likeness (QED) is 0.680. The second-order valence-electron chi connectivity index (χ2n) is 7.76. The summed E-state index contributed by atoms with van der Waals surface area (Å²) in [4.78, 5) is 1.53. The van der Waals surface area contributed by atoms with Crippen LogP contribution in [0.25, 0.3) is 0 Å². The van der Waals surface area contributed by atoms with E-state index in [4.69, 9.17) is 9.47 Å². The van der Waals surface area contributed by atoms with Gasteiger partial charge in [0.2, 0.25) is 0 Å². The molecule has 2 aromatic carbocycles. The summed E-state index contributed by atoms with van der Waals surface area (Å²) in [6.45, 7) is 1.38. The van der Waals surface area contributed by atoms with Crippen molar-refractivity contribution in [1.82, 2.24) is 4.90 Å². The molecule has 2 saturated heterocycles. The SMILES string of the molecule is CC(O)C12COC(c3cccc(C(F)(F)F)c3)N1C(c1cccc(C(F)(F)F)c1)OC2. The maximum atomic E-state index is 13.2. The van der Waals surface area contributed by atoms with Crippen molar-refractivity contribution in [1.29, 1.82) is 0 Å². The average molecular weight is 447 g/mol. The maximum Gasteiger partial charge on any atom is 0.416 e. The molecule has 0 spiro atoms. The third-order valence-corrected chi connectivity index (χ3v) is 5.78. The van der Waals surface area contributed by atoms with Crippen molar-refractivity contribution in [2.24, 2.45) is 0 Å². The Balaban J connectivity index is 1.77. The number of aliphatic hydroxyl groups excluding tert-OH is 1. The van der Waals surface area contributed by atoms with Crippen molar-refractivity contribution in [2.75, 3.05) is 13.2 Å². The van der Waals surface area contributed by atoms with Crippen molar-refractivity contribution in [3.05, 3.63) is 70.8 Å². The van der Waals surface area contributed by atoms with E-state index >= 15 is 0 Å². The Hall–Kier alpha value is -2.14. The minimum atomic E-state index is -4.57. The van der Waals surface area contributed by atoms with Crippen LogP contribution in [0.15, 0.2) is 48.5 Å². The van der Waals surface area contributed by atoms with Crippen LogP contribution in [0.5, 0.6) is 0 Å². The van der Waals surface area contributed by atoms with E-state index in [1.165, 1.54) is 36.1 Å². The summed E-state index contributed by atoms with van der Waals surface area (Å²) >= 11 is 0. The highest BCUT2D eigenvalue weighted by Crippen LogP contribution is 2.51. The van der Waals surface area contributed by atoms with Crippen molar-refractivity contribution in [2.45, 2.75) is 43.4 Å². The van der Waals surface area contributed by atoms with Gasteiger partial charge in [0.1, 0.15) is 12.5 Å². The molecule has 2 aromatic rings. The largest absolute Gasteiger partial charge is 0.416 e. The van der Waals surface area contributed by atoms with Crippen LogP contribution in [-0.4, -0.2) is 34.9 Å². The monoisotopic (exact) mass is 447 g/mol. The number of alkyl halides is 6. The lowest BCUT2D eigenvalue weighted by atomic mass is 9.93. The number of nitrogens with zero attached hydrogens (tertiary/aromatic N) is 1. The zero-order valence-electron chi connectivity index (χ0n) is 16.2. The molecule has 0 bridgehead atoms. The minimum Gasteiger partial charge on any atom is -0.391 e. The van der Waals surface area contributed by atoms with E-state index < -0.39 is 47.6 Å². The van der Waals surface area contributed by atoms with Crippen LogP contribution < -0.4 is 0 Å². The Labute approximate surface area is 174 Å². The summed E-state index contributed by atoms with van der Waals surface area (Å²) in [6.07, 6.45) is -12.2. The smallest absolute Gasteiger partial charge is 0.391 e. The topological polar surface area (TPSA) is 41.9 Å². The molecule has 2 aliphatic heterocycles. The summed E-state index contributed by atoms with van der Waals surface area (Å²) in [5, 5.41) is 10.4. The number of ether oxygens (including phenoxy) is 2. The Bertz CT molecular complexity index is 889. The van der Waals surface area contributed by atoms with E-state index in [-0.39, 0.29) is 24.3 Å². The molecule has 0 aliphatic carbocycles. The molecule has 2 aliphatic rings. The van der Waals surface area contributed by atoms with Crippen LogP contribution in [0.3, 0.4) is 0 Å². The molecule has 2 fully saturated rings. The van der Waals surface area contributed by atoms with Gasteiger partial charge in [0.25, 0.3) is 0 Å². The highest BCUT2D eigenvalue weighted by molar-refractivity contribution is 5.32. The first kappa shape index (κ1) is 22.1. The fourth-order valence-corrected chi connectivity index (χ4v) is 4.10. The van der Waals surface area contributed by atoms with Gasteiger partial charge in [0.05, 0.1) is 36.0 Å². The number of fused-ring (bicyclic) bond motifs is 1. The number of benzene rings is 2. The number of hydrogen-bond donors (Lipinski definition) is 1. The first-order chi connectivity index (χ1) is 14.4. The Morgan fingerprint density at radius 3 is 1.65 bits per heavy atom. The van der Waals surface area contributed by atoms with E-state index in [1.807, 2.05) is 0 Å². The fourth-order valence-electron chi connectivity index (χ4n) is 4.10. The van der Waals surface area contributed by atoms with Gasteiger partial charge >= 0.3 is 12.4 Å². The van der Waals surface area contributed by atoms with Gasteiger partial charge in [-0.15, -0.1) is 0 Å². The second kappa shape index (κ2) is 7.47. The molecular formula is C21H19F6NO3. The van der Waals surface area contributed by atoms with Crippen molar-refractivity contribution in [3.63, 3.8) is 0 Å². The van der Waals surface area contributed by atoms with Crippen molar-refractivity contribution in [3.8, 4) is 0 Å². The molecule has 0 aromatic heterocycles. The van der Waals surface area contributed by atoms with Gasteiger partial charge in [-0.3, -0.25) is 0 Å². The molecule has 0 radical (unpaired) electrons. The molecule has 31 heavy (non-hydrogen) atoms. The minimum absolute atomic E-state index is 0.0545.